The van der Waals surface area contributed by atoms with Gasteiger partial charge in [0, 0.05) is 33.8 Å². The molecule has 0 aliphatic carbocycles. The molecule has 0 aliphatic rings. The monoisotopic (exact) mass is 339 g/mol. The highest BCUT2D eigenvalue weighted by Crippen LogP contribution is 2.25. The fraction of sp³-hybridized carbons (Fsp3) is 0.375. The molecule has 1 N–H and O–H groups in total. The minimum absolute atomic E-state index is 0.00558. The Kier molecular flexibility index (Phi) is 5.86. The van der Waals surface area contributed by atoms with Crippen molar-refractivity contribution in [2.24, 2.45) is 5.92 Å². The molecule has 0 atom stereocenters. The van der Waals surface area contributed by atoms with Crippen LogP contribution >= 0.6 is 23.2 Å². The van der Waals surface area contributed by atoms with Gasteiger partial charge in [-0.1, -0.05) is 43.1 Å². The van der Waals surface area contributed by atoms with Gasteiger partial charge in [-0.05, 0) is 25.0 Å². The molecule has 0 unspecified atom stereocenters. The maximum absolute atomic E-state index is 12.0. The highest BCUT2D eigenvalue weighted by molar-refractivity contribution is 6.35. The van der Waals surface area contributed by atoms with Crippen molar-refractivity contribution in [1.29, 1.82) is 0 Å². The molecule has 0 saturated carbocycles. The fourth-order valence-electron chi connectivity index (χ4n) is 2.25. The number of anilines is 1. The highest BCUT2D eigenvalue weighted by atomic mass is 35.5. The molecule has 1 heterocycles. The van der Waals surface area contributed by atoms with Gasteiger partial charge >= 0.3 is 0 Å². The van der Waals surface area contributed by atoms with Crippen molar-refractivity contribution in [2.75, 3.05) is 5.32 Å². The number of carbonyl (C=O) groups is 1. The third-order valence-corrected chi connectivity index (χ3v) is 4.34. The van der Waals surface area contributed by atoms with Crippen molar-refractivity contribution in [1.82, 2.24) is 9.78 Å². The van der Waals surface area contributed by atoms with E-state index in [1.54, 1.807) is 35.1 Å². The Morgan fingerprint density at radius 2 is 1.86 bits per heavy atom. The van der Waals surface area contributed by atoms with Gasteiger partial charge in [0.25, 0.3) is 0 Å². The first-order valence-corrected chi connectivity index (χ1v) is 8.08. The van der Waals surface area contributed by atoms with Crippen LogP contribution in [-0.4, -0.2) is 15.7 Å². The second kappa shape index (κ2) is 7.65. The summed E-state index contributed by atoms with van der Waals surface area (Å²) in [5.41, 5.74) is 0.812. The van der Waals surface area contributed by atoms with Crippen molar-refractivity contribution in [3.63, 3.8) is 0 Å². The Morgan fingerprint density at radius 1 is 1.23 bits per heavy atom. The van der Waals surface area contributed by atoms with Gasteiger partial charge in [-0.25, -0.2) is 0 Å². The second-order valence-electron chi connectivity index (χ2n) is 5.10. The number of amides is 1. The second-order valence-corrected chi connectivity index (χ2v) is 5.92. The standard InChI is InChI=1S/C16H19Cl2N3O/c1-3-11(4-2)16(22)19-15-8-9-21(20-15)10-12-13(17)6-5-7-14(12)18/h5-9,11H,3-4,10H2,1-2H3,(H,19,20,22). The minimum Gasteiger partial charge on any atom is -0.309 e. The fourth-order valence-corrected chi connectivity index (χ4v) is 2.77. The van der Waals surface area contributed by atoms with Crippen molar-refractivity contribution in [2.45, 2.75) is 33.2 Å². The Morgan fingerprint density at radius 3 is 2.45 bits per heavy atom. The summed E-state index contributed by atoms with van der Waals surface area (Å²) in [6, 6.07) is 7.16. The topological polar surface area (TPSA) is 46.9 Å². The first kappa shape index (κ1) is 16.8. The summed E-state index contributed by atoms with van der Waals surface area (Å²) in [6.45, 7) is 4.47. The van der Waals surface area contributed by atoms with E-state index in [0.29, 0.717) is 22.4 Å². The SMILES string of the molecule is CCC(CC)C(=O)Nc1ccn(Cc2c(Cl)cccc2Cl)n1. The van der Waals surface area contributed by atoms with Gasteiger partial charge < -0.3 is 5.32 Å². The molecule has 0 spiro atoms. The molecule has 4 nitrogen and oxygen atoms in total. The third kappa shape index (κ3) is 4.02. The number of nitrogens with one attached hydrogen (secondary N) is 1. The predicted molar refractivity (Wildman–Crippen MR) is 90.5 cm³/mol. The number of hydrogen-bond donors (Lipinski definition) is 1. The maximum Gasteiger partial charge on any atom is 0.228 e. The van der Waals surface area contributed by atoms with Crippen molar-refractivity contribution in [3.8, 4) is 0 Å². The molecule has 0 aliphatic heterocycles. The number of rotatable bonds is 6. The molecule has 0 radical (unpaired) electrons. The molecular weight excluding hydrogens is 321 g/mol. The molecule has 2 rings (SSSR count). The summed E-state index contributed by atoms with van der Waals surface area (Å²) in [5.74, 6) is 0.564. The molecule has 0 bridgehead atoms. The molecule has 6 heteroatoms. The van der Waals surface area contributed by atoms with E-state index in [-0.39, 0.29) is 11.8 Å². The maximum atomic E-state index is 12.0. The number of aromatic nitrogens is 2. The normalized spacial score (nSPS) is 11.0. The number of nitrogens with zero attached hydrogens (tertiary/aromatic N) is 2. The van der Waals surface area contributed by atoms with Crippen LogP contribution in [0.1, 0.15) is 32.3 Å². The van der Waals surface area contributed by atoms with E-state index in [2.05, 4.69) is 10.4 Å². The molecule has 118 valence electrons. The molecule has 22 heavy (non-hydrogen) atoms. The molecule has 1 amide bonds. The van der Waals surface area contributed by atoms with E-state index in [0.717, 1.165) is 18.4 Å². The smallest absolute Gasteiger partial charge is 0.228 e. The lowest BCUT2D eigenvalue weighted by molar-refractivity contribution is -0.120. The van der Waals surface area contributed by atoms with Gasteiger partial charge in [-0.15, -0.1) is 0 Å². The van der Waals surface area contributed by atoms with Crippen LogP contribution in [0.15, 0.2) is 30.5 Å². The van der Waals surface area contributed by atoms with Crippen LogP contribution < -0.4 is 5.32 Å². The molecule has 2 aromatic rings. The van der Waals surface area contributed by atoms with E-state index >= 15 is 0 Å². The lowest BCUT2D eigenvalue weighted by Crippen LogP contribution is -2.22. The largest absolute Gasteiger partial charge is 0.309 e. The van der Waals surface area contributed by atoms with Crippen molar-refractivity contribution < 1.29 is 4.79 Å². The zero-order chi connectivity index (χ0) is 16.1. The molecular formula is C16H19Cl2N3O. The van der Waals surface area contributed by atoms with Crippen LogP contribution in [0.5, 0.6) is 0 Å². The summed E-state index contributed by atoms with van der Waals surface area (Å²) in [6.07, 6.45) is 3.43. The van der Waals surface area contributed by atoms with Crippen LogP contribution in [0, 0.1) is 5.92 Å². The zero-order valence-electron chi connectivity index (χ0n) is 12.6. The van der Waals surface area contributed by atoms with Crippen molar-refractivity contribution >= 4 is 34.9 Å². The summed E-state index contributed by atoms with van der Waals surface area (Å²) in [5, 5.41) is 8.39. The lowest BCUT2D eigenvalue weighted by atomic mass is 10.0. The van der Waals surface area contributed by atoms with Gasteiger partial charge in [-0.3, -0.25) is 9.48 Å². The Labute approximate surface area is 140 Å². The molecule has 1 aromatic carbocycles. The van der Waals surface area contributed by atoms with Crippen LogP contribution in [0.2, 0.25) is 10.0 Å². The number of carbonyl (C=O) groups excluding carboxylic acids is 1. The first-order chi connectivity index (χ1) is 10.5. The van der Waals surface area contributed by atoms with Crippen LogP contribution in [0.4, 0.5) is 5.82 Å². The van der Waals surface area contributed by atoms with Gasteiger partial charge in [-0.2, -0.15) is 5.10 Å². The van der Waals surface area contributed by atoms with Crippen molar-refractivity contribution in [3.05, 3.63) is 46.1 Å². The number of halogens is 2. The van der Waals surface area contributed by atoms with Gasteiger partial charge in [0.15, 0.2) is 5.82 Å². The van der Waals surface area contributed by atoms with Gasteiger partial charge in [0.2, 0.25) is 5.91 Å². The predicted octanol–water partition coefficient (Wildman–Crippen LogP) is 4.61. The Balaban J connectivity index is 2.07. The average Bonchev–Trinajstić information content (AvgIpc) is 2.91. The highest BCUT2D eigenvalue weighted by Gasteiger charge is 2.15. The van der Waals surface area contributed by atoms with E-state index in [1.165, 1.54) is 0 Å². The third-order valence-electron chi connectivity index (χ3n) is 3.63. The van der Waals surface area contributed by atoms with Crippen LogP contribution in [0.3, 0.4) is 0 Å². The van der Waals surface area contributed by atoms with E-state index in [1.807, 2.05) is 13.8 Å². The molecule has 0 saturated heterocycles. The lowest BCUT2D eigenvalue weighted by Gasteiger charge is -2.11. The Bertz CT molecular complexity index is 630. The molecule has 1 aromatic heterocycles. The Hall–Kier alpha value is -1.52. The van der Waals surface area contributed by atoms with Gasteiger partial charge in [0.1, 0.15) is 0 Å². The summed E-state index contributed by atoms with van der Waals surface area (Å²) >= 11 is 12.3. The van der Waals surface area contributed by atoms with E-state index in [9.17, 15) is 4.79 Å². The average molecular weight is 340 g/mol. The minimum atomic E-state index is 0.00558. The summed E-state index contributed by atoms with van der Waals surface area (Å²) in [4.78, 5) is 12.0. The first-order valence-electron chi connectivity index (χ1n) is 7.32. The van der Waals surface area contributed by atoms with E-state index < -0.39 is 0 Å². The summed E-state index contributed by atoms with van der Waals surface area (Å²) < 4.78 is 1.70. The number of benzene rings is 1. The van der Waals surface area contributed by atoms with Crippen LogP contribution in [0.25, 0.3) is 0 Å². The van der Waals surface area contributed by atoms with Gasteiger partial charge in [0.05, 0.1) is 6.54 Å². The zero-order valence-corrected chi connectivity index (χ0v) is 14.2. The van der Waals surface area contributed by atoms with Crippen LogP contribution in [-0.2, 0) is 11.3 Å². The number of hydrogen-bond acceptors (Lipinski definition) is 2. The van der Waals surface area contributed by atoms with E-state index in [4.69, 9.17) is 23.2 Å². The summed E-state index contributed by atoms with van der Waals surface area (Å²) in [7, 11) is 0. The quantitative estimate of drug-likeness (QED) is 0.834. The molecule has 0 fully saturated rings.